The molecule has 1 saturated heterocycles. The lowest BCUT2D eigenvalue weighted by Crippen LogP contribution is -2.37. The van der Waals surface area contributed by atoms with Gasteiger partial charge in [-0.2, -0.15) is 5.10 Å². The number of aliphatic hydroxyl groups excluding tert-OH is 1. The molecule has 8 heteroatoms. The van der Waals surface area contributed by atoms with Crippen LogP contribution in [-0.4, -0.2) is 43.9 Å². The summed E-state index contributed by atoms with van der Waals surface area (Å²) < 4.78 is 1.80. The molecule has 0 spiro atoms. The Balaban J connectivity index is 1.57. The van der Waals surface area contributed by atoms with Gasteiger partial charge in [0.05, 0.1) is 22.7 Å². The van der Waals surface area contributed by atoms with Crippen molar-refractivity contribution in [3.05, 3.63) is 59.5 Å². The molecule has 0 aliphatic carbocycles. The molecular formula is C22H23ClN6O. The molecule has 1 atom stereocenters. The van der Waals surface area contributed by atoms with Crippen LogP contribution in [0.25, 0.3) is 16.4 Å². The summed E-state index contributed by atoms with van der Waals surface area (Å²) in [5.74, 6) is 1.68. The summed E-state index contributed by atoms with van der Waals surface area (Å²) >= 11 is 6.45. The number of anilines is 2. The highest BCUT2D eigenvalue weighted by atomic mass is 35.5. The largest absolute Gasteiger partial charge is 0.393 e. The Labute approximate surface area is 179 Å². The van der Waals surface area contributed by atoms with Gasteiger partial charge < -0.3 is 15.3 Å². The Kier molecular flexibility index (Phi) is 4.92. The van der Waals surface area contributed by atoms with Crippen LogP contribution in [0, 0.1) is 0 Å². The van der Waals surface area contributed by atoms with Crippen molar-refractivity contribution >= 4 is 39.7 Å². The molecule has 30 heavy (non-hydrogen) atoms. The molecule has 3 aromatic heterocycles. The van der Waals surface area contributed by atoms with Crippen LogP contribution in [0.2, 0.25) is 5.02 Å². The van der Waals surface area contributed by atoms with E-state index in [1.54, 1.807) is 10.8 Å². The third kappa shape index (κ3) is 3.44. The highest BCUT2D eigenvalue weighted by molar-refractivity contribution is 6.35. The van der Waals surface area contributed by atoms with Gasteiger partial charge in [-0.05, 0) is 44.0 Å². The number of para-hydroxylation sites is 1. The minimum absolute atomic E-state index is 0.0451. The molecule has 7 nitrogen and oxygen atoms in total. The Bertz CT molecular complexity index is 1200. The smallest absolute Gasteiger partial charge is 0.154 e. The number of pyridine rings is 1. The summed E-state index contributed by atoms with van der Waals surface area (Å²) in [7, 11) is 0. The Morgan fingerprint density at radius 1 is 1.20 bits per heavy atom. The first-order valence-electron chi connectivity index (χ1n) is 10.2. The number of nitrogens with one attached hydrogen (secondary N) is 1. The van der Waals surface area contributed by atoms with Crippen LogP contribution in [0.5, 0.6) is 0 Å². The number of piperidine rings is 1. The second kappa shape index (κ2) is 7.74. The molecular weight excluding hydrogens is 400 g/mol. The van der Waals surface area contributed by atoms with Gasteiger partial charge >= 0.3 is 0 Å². The predicted octanol–water partition coefficient (Wildman–Crippen LogP) is 4.07. The summed E-state index contributed by atoms with van der Waals surface area (Å²) in [6, 6.07) is 11.9. The molecule has 154 valence electrons. The quantitative estimate of drug-likeness (QED) is 0.516. The zero-order chi connectivity index (χ0) is 20.7. The van der Waals surface area contributed by atoms with Crippen molar-refractivity contribution in [2.75, 3.05) is 23.3 Å². The van der Waals surface area contributed by atoms with Crippen LogP contribution >= 0.6 is 11.6 Å². The third-order valence-electron chi connectivity index (χ3n) is 5.72. The first-order valence-corrected chi connectivity index (χ1v) is 10.5. The van der Waals surface area contributed by atoms with E-state index in [1.165, 1.54) is 0 Å². The predicted molar refractivity (Wildman–Crippen MR) is 119 cm³/mol. The number of halogens is 1. The van der Waals surface area contributed by atoms with Crippen molar-refractivity contribution < 1.29 is 5.11 Å². The van der Waals surface area contributed by atoms with Crippen molar-refractivity contribution in [1.82, 2.24) is 19.6 Å². The van der Waals surface area contributed by atoms with Gasteiger partial charge in [-0.1, -0.05) is 23.7 Å². The standard InChI is InChI=1S/C22H23ClN6O/c1-14(26-21-19-6-3-9-29(19)25-13-24-21)17-12-15-4-2-5-18(23)20(15)27-22(17)28-10-7-16(30)8-11-28/h2-6,9,12-14,16,30H,7-8,10-11H2,1H3,(H,24,25,26)/t14-/m0/s1. The number of aromatic nitrogens is 4. The summed E-state index contributed by atoms with van der Waals surface area (Å²) in [6.07, 6.45) is 4.68. The molecule has 4 aromatic rings. The normalized spacial score (nSPS) is 16.3. The molecule has 1 fully saturated rings. The van der Waals surface area contributed by atoms with Gasteiger partial charge in [-0.3, -0.25) is 0 Å². The molecule has 0 radical (unpaired) electrons. The number of hydrogen-bond acceptors (Lipinski definition) is 6. The molecule has 0 amide bonds. The Morgan fingerprint density at radius 3 is 2.87 bits per heavy atom. The Morgan fingerprint density at radius 2 is 2.03 bits per heavy atom. The number of hydrogen-bond donors (Lipinski definition) is 2. The van der Waals surface area contributed by atoms with E-state index in [0.717, 1.165) is 59.5 Å². The summed E-state index contributed by atoms with van der Waals surface area (Å²) in [6.45, 7) is 3.64. The monoisotopic (exact) mass is 422 g/mol. The molecule has 5 rings (SSSR count). The van der Waals surface area contributed by atoms with Crippen molar-refractivity contribution in [2.24, 2.45) is 0 Å². The van der Waals surface area contributed by atoms with Crippen molar-refractivity contribution in [1.29, 1.82) is 0 Å². The van der Waals surface area contributed by atoms with Gasteiger partial charge in [-0.25, -0.2) is 14.5 Å². The average Bonchev–Trinajstić information content (AvgIpc) is 3.24. The van der Waals surface area contributed by atoms with Crippen LogP contribution in [-0.2, 0) is 0 Å². The highest BCUT2D eigenvalue weighted by Gasteiger charge is 2.24. The number of nitrogens with zero attached hydrogens (tertiary/aromatic N) is 5. The van der Waals surface area contributed by atoms with Crippen LogP contribution < -0.4 is 10.2 Å². The van der Waals surface area contributed by atoms with E-state index in [9.17, 15) is 5.11 Å². The highest BCUT2D eigenvalue weighted by Crippen LogP contribution is 2.34. The topological polar surface area (TPSA) is 78.6 Å². The van der Waals surface area contributed by atoms with Gasteiger partial charge in [0.1, 0.15) is 17.7 Å². The maximum atomic E-state index is 9.95. The minimum Gasteiger partial charge on any atom is -0.393 e. The van der Waals surface area contributed by atoms with E-state index in [0.29, 0.717) is 5.02 Å². The number of aliphatic hydroxyl groups is 1. The summed E-state index contributed by atoms with van der Waals surface area (Å²) in [5, 5.41) is 19.4. The van der Waals surface area contributed by atoms with Gasteiger partial charge in [0.15, 0.2) is 5.82 Å². The zero-order valence-corrected chi connectivity index (χ0v) is 17.4. The second-order valence-electron chi connectivity index (χ2n) is 7.74. The van der Waals surface area contributed by atoms with E-state index >= 15 is 0 Å². The fourth-order valence-electron chi connectivity index (χ4n) is 4.08. The first kappa shape index (κ1) is 19.1. The fourth-order valence-corrected chi connectivity index (χ4v) is 4.30. The average molecular weight is 423 g/mol. The lowest BCUT2D eigenvalue weighted by molar-refractivity contribution is 0.145. The van der Waals surface area contributed by atoms with Crippen LogP contribution in [0.3, 0.4) is 0 Å². The fraction of sp³-hybridized carbons (Fsp3) is 0.318. The van der Waals surface area contributed by atoms with E-state index in [1.807, 2.05) is 36.5 Å². The molecule has 1 aliphatic heterocycles. The maximum Gasteiger partial charge on any atom is 0.154 e. The van der Waals surface area contributed by atoms with Crippen LogP contribution in [0.15, 0.2) is 48.9 Å². The molecule has 1 aliphatic rings. The van der Waals surface area contributed by atoms with Crippen molar-refractivity contribution in [2.45, 2.75) is 31.9 Å². The van der Waals surface area contributed by atoms with E-state index in [2.05, 4.69) is 33.3 Å². The van der Waals surface area contributed by atoms with Gasteiger partial charge in [0, 0.05) is 30.2 Å². The van der Waals surface area contributed by atoms with Gasteiger partial charge in [0.2, 0.25) is 0 Å². The van der Waals surface area contributed by atoms with E-state index in [-0.39, 0.29) is 12.1 Å². The second-order valence-corrected chi connectivity index (χ2v) is 8.15. The van der Waals surface area contributed by atoms with Crippen molar-refractivity contribution in [3.63, 3.8) is 0 Å². The summed E-state index contributed by atoms with van der Waals surface area (Å²) in [5.41, 5.74) is 2.79. The molecule has 0 bridgehead atoms. The molecule has 0 unspecified atom stereocenters. The number of rotatable bonds is 4. The van der Waals surface area contributed by atoms with Gasteiger partial charge in [-0.15, -0.1) is 0 Å². The molecule has 2 N–H and O–H groups in total. The third-order valence-corrected chi connectivity index (χ3v) is 6.03. The maximum absolute atomic E-state index is 9.95. The molecule has 4 heterocycles. The van der Waals surface area contributed by atoms with Crippen molar-refractivity contribution in [3.8, 4) is 0 Å². The van der Waals surface area contributed by atoms with Crippen LogP contribution in [0.1, 0.15) is 31.4 Å². The van der Waals surface area contributed by atoms with Crippen LogP contribution in [0.4, 0.5) is 11.6 Å². The van der Waals surface area contributed by atoms with Gasteiger partial charge in [0.25, 0.3) is 0 Å². The lowest BCUT2D eigenvalue weighted by Gasteiger charge is -2.33. The Hall–Kier alpha value is -2.90. The number of fused-ring (bicyclic) bond motifs is 2. The van der Waals surface area contributed by atoms with E-state index < -0.39 is 0 Å². The number of benzene rings is 1. The zero-order valence-electron chi connectivity index (χ0n) is 16.7. The molecule has 1 aromatic carbocycles. The summed E-state index contributed by atoms with van der Waals surface area (Å²) in [4.78, 5) is 11.7. The van der Waals surface area contributed by atoms with E-state index in [4.69, 9.17) is 16.6 Å². The molecule has 0 saturated carbocycles. The minimum atomic E-state index is -0.243. The SMILES string of the molecule is C[C@H](Nc1ncnn2cccc12)c1cc2cccc(Cl)c2nc1N1CCC(O)CC1. The first-order chi connectivity index (χ1) is 14.6. The lowest BCUT2D eigenvalue weighted by atomic mass is 10.0.